The number of halogens is 4. The second kappa shape index (κ2) is 4.21. The van der Waals surface area contributed by atoms with Crippen LogP contribution in [-0.2, 0) is 6.42 Å². The fourth-order valence-corrected chi connectivity index (χ4v) is 1.73. The van der Waals surface area contributed by atoms with E-state index in [0.717, 1.165) is 0 Å². The monoisotopic (exact) mass is 268 g/mol. The van der Waals surface area contributed by atoms with Gasteiger partial charge in [-0.15, -0.1) is 13.2 Å². The van der Waals surface area contributed by atoms with Crippen molar-refractivity contribution in [2.45, 2.75) is 19.7 Å². The van der Waals surface area contributed by atoms with Gasteiger partial charge in [0.05, 0.1) is 0 Å². The lowest BCUT2D eigenvalue weighted by molar-refractivity contribution is -0.274. The quantitative estimate of drug-likeness (QED) is 0.790. The van der Waals surface area contributed by atoms with Crippen molar-refractivity contribution < 1.29 is 17.9 Å². The average Bonchev–Trinajstić information content (AvgIpc) is 2.01. The first-order valence-corrected chi connectivity index (χ1v) is 4.76. The highest BCUT2D eigenvalue weighted by atomic mass is 79.9. The molecule has 0 aromatic heterocycles. The first-order chi connectivity index (χ1) is 6.44. The van der Waals surface area contributed by atoms with Gasteiger partial charge in [0, 0.05) is 10.0 Å². The van der Waals surface area contributed by atoms with Crippen LogP contribution < -0.4 is 4.74 Å². The average molecular weight is 269 g/mol. The van der Waals surface area contributed by atoms with Crippen molar-refractivity contribution in [1.29, 1.82) is 0 Å². The summed E-state index contributed by atoms with van der Waals surface area (Å²) in [5.74, 6) is -0.144. The third-order valence-electron chi connectivity index (χ3n) is 1.66. The zero-order valence-corrected chi connectivity index (χ0v) is 8.95. The largest absolute Gasteiger partial charge is 0.573 e. The van der Waals surface area contributed by atoms with E-state index in [-0.39, 0.29) is 5.75 Å². The van der Waals surface area contributed by atoms with E-state index < -0.39 is 6.36 Å². The Labute approximate surface area is 88.0 Å². The molecule has 0 bridgehead atoms. The Hall–Kier alpha value is -0.710. The van der Waals surface area contributed by atoms with E-state index in [1.54, 1.807) is 13.0 Å². The van der Waals surface area contributed by atoms with Crippen molar-refractivity contribution in [3.05, 3.63) is 28.2 Å². The molecule has 0 atom stereocenters. The summed E-state index contributed by atoms with van der Waals surface area (Å²) in [6.07, 6.45) is -4.16. The molecule has 0 N–H and O–H groups in total. The van der Waals surface area contributed by atoms with Crippen LogP contribution in [0.15, 0.2) is 22.7 Å². The molecule has 0 saturated heterocycles. The van der Waals surface area contributed by atoms with Gasteiger partial charge in [0.2, 0.25) is 0 Å². The minimum atomic E-state index is -4.63. The summed E-state index contributed by atoms with van der Waals surface area (Å²) in [6, 6.07) is 4.49. The lowest BCUT2D eigenvalue weighted by Gasteiger charge is -2.13. The molecule has 1 aromatic rings. The predicted molar refractivity (Wildman–Crippen MR) is 50.2 cm³/mol. The van der Waals surface area contributed by atoms with E-state index in [1.165, 1.54) is 12.1 Å². The van der Waals surface area contributed by atoms with Crippen LogP contribution in [0.1, 0.15) is 12.5 Å². The summed E-state index contributed by atoms with van der Waals surface area (Å²) in [6.45, 7) is 1.77. The Morgan fingerprint density at radius 2 is 2.00 bits per heavy atom. The summed E-state index contributed by atoms with van der Waals surface area (Å²) in [5, 5.41) is 0. The van der Waals surface area contributed by atoms with Gasteiger partial charge in [-0.05, 0) is 18.6 Å². The molecular weight excluding hydrogens is 261 g/mol. The smallest absolute Gasteiger partial charge is 0.405 e. The van der Waals surface area contributed by atoms with Gasteiger partial charge in [-0.2, -0.15) is 0 Å². The molecule has 0 heterocycles. The van der Waals surface area contributed by atoms with Gasteiger partial charge in [-0.3, -0.25) is 0 Å². The van der Waals surface area contributed by atoms with Crippen molar-refractivity contribution in [2.75, 3.05) is 0 Å². The third-order valence-corrected chi connectivity index (χ3v) is 2.40. The van der Waals surface area contributed by atoms with Crippen LogP contribution in [-0.4, -0.2) is 6.36 Å². The van der Waals surface area contributed by atoms with Crippen molar-refractivity contribution in [1.82, 2.24) is 0 Å². The molecule has 0 unspecified atom stereocenters. The van der Waals surface area contributed by atoms with Gasteiger partial charge in [0.15, 0.2) is 0 Å². The van der Waals surface area contributed by atoms with Crippen molar-refractivity contribution in [3.63, 3.8) is 0 Å². The number of rotatable bonds is 2. The molecule has 1 aromatic carbocycles. The lowest BCUT2D eigenvalue weighted by Crippen LogP contribution is -2.18. The highest BCUT2D eigenvalue weighted by Crippen LogP contribution is 2.31. The molecule has 0 aliphatic carbocycles. The molecular formula is C9H8BrF3O. The predicted octanol–water partition coefficient (Wildman–Crippen LogP) is 3.91. The number of alkyl halides is 3. The Kier molecular flexibility index (Phi) is 3.42. The molecule has 0 amide bonds. The lowest BCUT2D eigenvalue weighted by atomic mass is 10.1. The van der Waals surface area contributed by atoms with E-state index in [1.807, 2.05) is 0 Å². The Morgan fingerprint density at radius 3 is 2.50 bits per heavy atom. The van der Waals surface area contributed by atoms with E-state index in [2.05, 4.69) is 20.7 Å². The first kappa shape index (κ1) is 11.4. The molecule has 0 spiro atoms. The molecule has 5 heteroatoms. The molecule has 0 radical (unpaired) electrons. The maximum Gasteiger partial charge on any atom is 0.573 e. The summed E-state index contributed by atoms with van der Waals surface area (Å²) in [7, 11) is 0. The number of ether oxygens (including phenoxy) is 1. The van der Waals surface area contributed by atoms with Crippen molar-refractivity contribution in [3.8, 4) is 5.75 Å². The number of hydrogen-bond donors (Lipinski definition) is 0. The highest BCUT2D eigenvalue weighted by molar-refractivity contribution is 9.10. The van der Waals surface area contributed by atoms with Gasteiger partial charge in [0.25, 0.3) is 0 Å². The van der Waals surface area contributed by atoms with E-state index in [0.29, 0.717) is 16.5 Å². The molecule has 1 rings (SSSR count). The van der Waals surface area contributed by atoms with Crippen molar-refractivity contribution >= 4 is 15.9 Å². The van der Waals surface area contributed by atoms with Gasteiger partial charge < -0.3 is 4.74 Å². The third kappa shape index (κ3) is 2.90. The molecule has 0 saturated carbocycles. The standard InChI is InChI=1S/C9H8BrF3O/c1-2-6-7(10)4-3-5-8(6)14-9(11,12)13/h3-5H,2H2,1H3. The maximum absolute atomic E-state index is 12.0. The normalized spacial score (nSPS) is 11.5. The summed E-state index contributed by atoms with van der Waals surface area (Å²) in [4.78, 5) is 0. The van der Waals surface area contributed by atoms with Crippen LogP contribution >= 0.6 is 15.9 Å². The van der Waals surface area contributed by atoms with E-state index in [9.17, 15) is 13.2 Å². The van der Waals surface area contributed by atoms with Crippen LogP contribution in [0.5, 0.6) is 5.75 Å². The number of hydrogen-bond acceptors (Lipinski definition) is 1. The van der Waals surface area contributed by atoms with Gasteiger partial charge >= 0.3 is 6.36 Å². The van der Waals surface area contributed by atoms with Crippen LogP contribution in [0.2, 0.25) is 0 Å². The molecule has 0 aliphatic rings. The number of benzene rings is 1. The fraction of sp³-hybridized carbons (Fsp3) is 0.333. The van der Waals surface area contributed by atoms with Gasteiger partial charge in [0.1, 0.15) is 5.75 Å². The van der Waals surface area contributed by atoms with Crippen LogP contribution in [0.4, 0.5) is 13.2 Å². The molecule has 78 valence electrons. The highest BCUT2D eigenvalue weighted by Gasteiger charge is 2.32. The SMILES string of the molecule is CCc1c(Br)cccc1OC(F)(F)F. The maximum atomic E-state index is 12.0. The Morgan fingerprint density at radius 1 is 1.36 bits per heavy atom. The zero-order chi connectivity index (χ0) is 10.8. The first-order valence-electron chi connectivity index (χ1n) is 3.97. The van der Waals surface area contributed by atoms with Crippen LogP contribution in [0.25, 0.3) is 0 Å². The van der Waals surface area contributed by atoms with Crippen LogP contribution in [0, 0.1) is 0 Å². The topological polar surface area (TPSA) is 9.23 Å². The van der Waals surface area contributed by atoms with Gasteiger partial charge in [-0.25, -0.2) is 0 Å². The minimum absolute atomic E-state index is 0.144. The zero-order valence-electron chi connectivity index (χ0n) is 7.36. The second-order valence-corrected chi connectivity index (χ2v) is 3.47. The fourth-order valence-electron chi connectivity index (χ4n) is 1.10. The molecule has 0 aliphatic heterocycles. The second-order valence-electron chi connectivity index (χ2n) is 2.62. The summed E-state index contributed by atoms with van der Waals surface area (Å²) >= 11 is 3.17. The Bertz CT molecular complexity index is 322. The Balaban J connectivity index is 3.02. The van der Waals surface area contributed by atoms with Crippen molar-refractivity contribution in [2.24, 2.45) is 0 Å². The van der Waals surface area contributed by atoms with E-state index >= 15 is 0 Å². The summed E-state index contributed by atoms with van der Waals surface area (Å²) < 4.78 is 40.4. The molecule has 0 fully saturated rings. The summed E-state index contributed by atoms with van der Waals surface area (Å²) in [5.41, 5.74) is 0.518. The molecule has 14 heavy (non-hydrogen) atoms. The van der Waals surface area contributed by atoms with Crippen LogP contribution in [0.3, 0.4) is 0 Å². The van der Waals surface area contributed by atoms with Gasteiger partial charge in [-0.1, -0.05) is 28.9 Å². The minimum Gasteiger partial charge on any atom is -0.405 e. The molecule has 1 nitrogen and oxygen atoms in total. The van der Waals surface area contributed by atoms with E-state index in [4.69, 9.17) is 0 Å².